The van der Waals surface area contributed by atoms with Gasteiger partial charge in [0.2, 0.25) is 35.4 Å². The van der Waals surface area contributed by atoms with Crippen molar-refractivity contribution in [3.05, 3.63) is 72.8 Å². The fourth-order valence-electron chi connectivity index (χ4n) is 5.00. The number of thiol groups is 1. The van der Waals surface area contributed by atoms with E-state index in [1.165, 1.54) is 45.8 Å². The zero-order valence-corrected chi connectivity index (χ0v) is 44.1. The molecule has 8 N–H and O–H groups in total. The van der Waals surface area contributed by atoms with Crippen LogP contribution >= 0.6 is 24.4 Å². The van der Waals surface area contributed by atoms with E-state index < -0.39 is 53.0 Å². The molecule has 2 aromatic rings. The first-order chi connectivity index (χ1) is 33.3. The van der Waals surface area contributed by atoms with Crippen molar-refractivity contribution in [1.29, 1.82) is 0 Å². The van der Waals surface area contributed by atoms with E-state index in [-0.39, 0.29) is 41.6 Å². The van der Waals surface area contributed by atoms with Gasteiger partial charge in [-0.05, 0) is 49.9 Å². The number of ether oxygens (including phenoxy) is 2. The molecule has 70 heavy (non-hydrogen) atoms. The number of thioether (sulfide) groups is 1. The van der Waals surface area contributed by atoms with Crippen LogP contribution < -0.4 is 31.9 Å². The Balaban J connectivity index is 0. The second-order valence-corrected chi connectivity index (χ2v) is 19.1. The summed E-state index contributed by atoms with van der Waals surface area (Å²) >= 11 is 13.4. The number of para-hydroxylation sites is 2. The summed E-state index contributed by atoms with van der Waals surface area (Å²) in [6.45, 7) is 3.32. The van der Waals surface area contributed by atoms with Gasteiger partial charge in [0, 0.05) is 115 Å². The Bertz CT molecular complexity index is 2050. The molecule has 0 saturated carbocycles. The first kappa shape index (κ1) is 66.5. The molecule has 3 atom stereocenters. The van der Waals surface area contributed by atoms with Gasteiger partial charge in [0.25, 0.3) is 0 Å². The summed E-state index contributed by atoms with van der Waals surface area (Å²) in [5.74, 6) is -5.14. The summed E-state index contributed by atoms with van der Waals surface area (Å²) < 4.78 is 9.00. The molecule has 0 aliphatic heterocycles. The summed E-state index contributed by atoms with van der Waals surface area (Å²) in [6.07, 6.45) is 7.19. The molecular formula is C44H62N6O14S6. The van der Waals surface area contributed by atoms with Crippen molar-refractivity contribution in [2.75, 3.05) is 49.4 Å². The number of unbranched alkanes of at least 4 members (excludes halogenated alkanes) is 4. The number of anilines is 2. The minimum atomic E-state index is -1.23. The van der Waals surface area contributed by atoms with Crippen molar-refractivity contribution >= 4 is 135 Å². The number of carboxylic acids is 2. The molecular weight excluding hydrogens is 1030 g/mol. The van der Waals surface area contributed by atoms with Crippen molar-refractivity contribution in [3.8, 4) is 0 Å². The number of carbonyl (C=O) groups excluding carboxylic acids is 8. The van der Waals surface area contributed by atoms with Gasteiger partial charge in [0.1, 0.15) is 12.1 Å². The second kappa shape index (κ2) is 43.5. The maximum absolute atomic E-state index is 12.5. The Labute approximate surface area is 432 Å². The van der Waals surface area contributed by atoms with E-state index in [4.69, 9.17) is 5.11 Å². The molecule has 0 bridgehead atoms. The monoisotopic (exact) mass is 1090 g/mol. The highest BCUT2D eigenvalue weighted by Crippen LogP contribution is 2.18. The fourth-order valence-corrected chi connectivity index (χ4v) is 6.38. The number of hydrogen-bond acceptors (Lipinski definition) is 16. The molecule has 0 aliphatic carbocycles. The van der Waals surface area contributed by atoms with Crippen molar-refractivity contribution < 1.29 is 67.6 Å². The Morgan fingerprint density at radius 3 is 1.49 bits per heavy atom. The number of esters is 2. The van der Waals surface area contributed by atoms with Crippen LogP contribution in [0.15, 0.2) is 72.8 Å². The lowest BCUT2D eigenvalue weighted by Crippen LogP contribution is -2.43. The zero-order valence-electron chi connectivity index (χ0n) is 39.1. The van der Waals surface area contributed by atoms with Crippen LogP contribution in [0.5, 0.6) is 0 Å². The minimum absolute atomic E-state index is 0.0127. The molecule has 0 saturated heterocycles. The normalized spacial score (nSPS) is 11.2. The van der Waals surface area contributed by atoms with Crippen LogP contribution in [-0.2, 0) is 97.6 Å². The largest absolute Gasteiger partial charge is 0.480 e. The highest BCUT2D eigenvalue weighted by atomic mass is 33.2. The Morgan fingerprint density at radius 2 is 1.10 bits per heavy atom. The minimum Gasteiger partial charge on any atom is -0.480 e. The summed E-state index contributed by atoms with van der Waals surface area (Å²) in [6, 6.07) is 16.4. The standard InChI is InChI=1S/C22H31N3O7S.C17H22N2O4.C5H9NO3S.S4/c1-15(26)24-17(22(30)31)14-33-18(13-20(28)32-2)21(29)23-12-8-4-7-11-19(27)25-16-9-5-3-6-10-16;1-23-17(22)12-11-15(20)18-13-7-3-6-10-16(21)19-14-8-4-2-5-9-14;1-3(7)6-4(2-10)5(8)9;1-3-4-2/h3,5-6,9-10,17-18H,4,7-8,11-14H2,1-2H3,(H,23,29)(H,24,26)(H,25,27)(H,30,31);2,4-5,8-9,11-12H,3,6-7,10,13H2,1H3,(H,18,20)(H,19,21);4,10H,2H2,1H3,(H,6,7)(H,8,9);/b;12-11-;;/t17-,18?;;4-;/m0.0./s1. The van der Waals surface area contributed by atoms with Gasteiger partial charge in [-0.3, -0.25) is 33.6 Å². The van der Waals surface area contributed by atoms with E-state index >= 15 is 0 Å². The van der Waals surface area contributed by atoms with E-state index in [1.54, 1.807) is 0 Å². The lowest BCUT2D eigenvalue weighted by atomic mass is 10.2. The van der Waals surface area contributed by atoms with Gasteiger partial charge in [-0.15, -0.1) is 11.8 Å². The van der Waals surface area contributed by atoms with Gasteiger partial charge >= 0.3 is 23.9 Å². The van der Waals surface area contributed by atoms with Crippen molar-refractivity contribution in [2.45, 2.75) is 89.0 Å². The Kier molecular flexibility index (Phi) is 41.3. The average molecular weight is 1090 g/mol. The van der Waals surface area contributed by atoms with Crippen LogP contribution in [0, 0.1) is 0 Å². The summed E-state index contributed by atoms with van der Waals surface area (Å²) in [4.78, 5) is 113. The molecule has 0 radical (unpaired) electrons. The SMILES string of the molecule is CC(=O)N[C@@H](CS)C(=O)O.COC(=O)/C=C\C(=O)NCCCCCC(=O)Nc1ccccc1.COC(=O)CC(SC[C@H](NC(C)=O)C(=O)O)C(=O)NCCCCCC(=O)Nc1ccccc1.S=S=S=S. The number of aliphatic carboxylic acids is 2. The van der Waals surface area contributed by atoms with Crippen LogP contribution in [0.3, 0.4) is 0 Å². The van der Waals surface area contributed by atoms with E-state index in [0.717, 1.165) is 61.0 Å². The van der Waals surface area contributed by atoms with Crippen LogP contribution in [0.1, 0.15) is 71.6 Å². The lowest BCUT2D eigenvalue weighted by Gasteiger charge is -2.18. The van der Waals surface area contributed by atoms with E-state index in [2.05, 4.69) is 76.4 Å². The van der Waals surface area contributed by atoms with Crippen LogP contribution in [-0.4, -0.2) is 126 Å². The summed E-state index contributed by atoms with van der Waals surface area (Å²) in [5, 5.41) is 32.2. The third kappa shape index (κ3) is 39.3. The van der Waals surface area contributed by atoms with Crippen LogP contribution in [0.25, 0.3) is 0 Å². The van der Waals surface area contributed by atoms with Crippen LogP contribution in [0.4, 0.5) is 11.4 Å². The lowest BCUT2D eigenvalue weighted by molar-refractivity contribution is -0.142. The molecule has 26 heteroatoms. The number of methoxy groups -OCH3 is 2. The van der Waals surface area contributed by atoms with E-state index in [9.17, 15) is 53.1 Å². The fraction of sp³-hybridized carbons (Fsp3) is 0.455. The van der Waals surface area contributed by atoms with Crippen molar-refractivity contribution in [1.82, 2.24) is 21.3 Å². The topological polar surface area (TPSA) is 302 Å². The average Bonchev–Trinajstić information content (AvgIpc) is 3.33. The molecule has 388 valence electrons. The molecule has 2 rings (SSSR count). The van der Waals surface area contributed by atoms with Gasteiger partial charge in [-0.2, -0.15) is 12.6 Å². The van der Waals surface area contributed by atoms with Gasteiger partial charge < -0.3 is 51.6 Å². The molecule has 20 nitrogen and oxygen atoms in total. The van der Waals surface area contributed by atoms with Gasteiger partial charge in [-0.25, -0.2) is 14.4 Å². The Morgan fingerprint density at radius 1 is 0.643 bits per heavy atom. The maximum atomic E-state index is 12.5. The maximum Gasteiger partial charge on any atom is 0.330 e. The molecule has 0 fully saturated rings. The number of nitrogens with one attached hydrogen (secondary N) is 6. The number of amides is 6. The predicted octanol–water partition coefficient (Wildman–Crippen LogP) is 3.08. The van der Waals surface area contributed by atoms with Gasteiger partial charge in [0.05, 0.1) is 25.9 Å². The van der Waals surface area contributed by atoms with Crippen LogP contribution in [0.2, 0.25) is 0 Å². The van der Waals surface area contributed by atoms with Gasteiger partial charge in [-0.1, -0.05) is 49.2 Å². The molecule has 0 spiro atoms. The number of carbonyl (C=O) groups is 10. The first-order valence-corrected chi connectivity index (χ1v) is 26.9. The molecule has 0 aromatic heterocycles. The number of benzene rings is 2. The third-order valence-corrected chi connectivity index (χ3v) is 12.2. The molecule has 0 aliphatic rings. The zero-order chi connectivity index (χ0) is 53.1. The smallest absolute Gasteiger partial charge is 0.330 e. The highest BCUT2D eigenvalue weighted by molar-refractivity contribution is 8.51. The third-order valence-electron chi connectivity index (χ3n) is 8.34. The van der Waals surface area contributed by atoms with E-state index in [1.807, 2.05) is 60.7 Å². The van der Waals surface area contributed by atoms with E-state index in [0.29, 0.717) is 38.8 Å². The number of rotatable bonds is 27. The number of hydrogen-bond donors (Lipinski definition) is 9. The quantitative estimate of drug-likeness (QED) is 0.0269. The highest BCUT2D eigenvalue weighted by Gasteiger charge is 2.27. The molecule has 6 amide bonds. The van der Waals surface area contributed by atoms with Gasteiger partial charge in [0.15, 0.2) is 0 Å². The summed E-state index contributed by atoms with van der Waals surface area (Å²) in [5.41, 5.74) is 1.54. The first-order valence-electron chi connectivity index (χ1n) is 21.2. The Hall–Kier alpha value is -5.54. The molecule has 1 unspecified atom stereocenters. The van der Waals surface area contributed by atoms with Crippen molar-refractivity contribution in [3.63, 3.8) is 0 Å². The summed E-state index contributed by atoms with van der Waals surface area (Å²) in [7, 11) is 4.79. The predicted molar refractivity (Wildman–Crippen MR) is 281 cm³/mol. The molecule has 2 aromatic carbocycles. The number of carboxylic acid groups (broad SMARTS) is 2. The second-order valence-electron chi connectivity index (χ2n) is 14.0. The molecule has 0 heterocycles. The van der Waals surface area contributed by atoms with Crippen molar-refractivity contribution in [2.24, 2.45) is 0 Å².